The highest BCUT2D eigenvalue weighted by atomic mass is 19.1. The van der Waals surface area contributed by atoms with Gasteiger partial charge in [0, 0.05) is 0 Å². The summed E-state index contributed by atoms with van der Waals surface area (Å²) >= 11 is 0. The molecule has 0 aliphatic heterocycles. The molecule has 5 nitrogen and oxygen atoms in total. The van der Waals surface area contributed by atoms with E-state index in [0.717, 1.165) is 0 Å². The molecule has 0 aromatic heterocycles. The Balaban J connectivity index is 2.43. The molecule has 1 aromatic rings. The first-order valence-electron chi connectivity index (χ1n) is 3.64. The number of nitrogens with one attached hydrogen (secondary N) is 3. The Morgan fingerprint density at radius 1 is 1.43 bits per heavy atom. The minimum atomic E-state index is -0.373. The number of hydrogen-bond acceptors (Lipinski definition) is 3. The Morgan fingerprint density at radius 3 is 2.64 bits per heavy atom. The fourth-order valence-electron chi connectivity index (χ4n) is 0.694. The van der Waals surface area contributed by atoms with Gasteiger partial charge < -0.3 is 4.84 Å². The van der Waals surface area contributed by atoms with Gasteiger partial charge in [-0.05, 0) is 24.3 Å². The van der Waals surface area contributed by atoms with Crippen LogP contribution < -0.4 is 15.6 Å². The molecule has 1 rings (SSSR count). The summed E-state index contributed by atoms with van der Waals surface area (Å²) in [4.78, 5) is 4.82. The van der Waals surface area contributed by atoms with Crippen molar-refractivity contribution in [3.8, 4) is 11.9 Å². The summed E-state index contributed by atoms with van der Waals surface area (Å²) in [6, 6.07) is 5.22. The molecule has 0 atom stereocenters. The molecule has 0 saturated heterocycles. The molecule has 0 radical (unpaired) electrons. The zero-order valence-electron chi connectivity index (χ0n) is 7.04. The van der Waals surface area contributed by atoms with Crippen LogP contribution in [0.2, 0.25) is 0 Å². The van der Waals surface area contributed by atoms with Crippen molar-refractivity contribution >= 4 is 5.96 Å². The topological polar surface area (TPSA) is 80.9 Å². The second kappa shape index (κ2) is 4.67. The van der Waals surface area contributed by atoms with Crippen LogP contribution in [0.25, 0.3) is 0 Å². The summed E-state index contributed by atoms with van der Waals surface area (Å²) in [5.41, 5.74) is 2.15. The van der Waals surface area contributed by atoms with Gasteiger partial charge >= 0.3 is 0 Å². The molecule has 0 heterocycles. The van der Waals surface area contributed by atoms with Gasteiger partial charge in [-0.15, -0.1) is 0 Å². The predicted octanol–water partition coefficient (Wildman–Crippen LogP) is 0.715. The van der Waals surface area contributed by atoms with E-state index in [2.05, 4.69) is 5.48 Å². The number of nitriles is 1. The van der Waals surface area contributed by atoms with Crippen LogP contribution >= 0.6 is 0 Å². The quantitative estimate of drug-likeness (QED) is 0.213. The number of nitrogens with zero attached hydrogens (tertiary/aromatic N) is 1. The Bertz CT molecular complexity index is 357. The molecule has 72 valence electrons. The third kappa shape index (κ3) is 2.98. The summed E-state index contributed by atoms with van der Waals surface area (Å²) in [5.74, 6) is -0.324. The van der Waals surface area contributed by atoms with Crippen molar-refractivity contribution in [2.75, 3.05) is 0 Å². The van der Waals surface area contributed by atoms with Crippen LogP contribution in [0, 0.1) is 22.7 Å². The standard InChI is InChI=1S/C8H7FN4O/c9-6-1-3-7(4-2-6)14-13-8(11)12-5-10/h1-4H,(H3,11,12,13). The minimum absolute atomic E-state index is 0.295. The first-order chi connectivity index (χ1) is 6.72. The van der Waals surface area contributed by atoms with Gasteiger partial charge in [0.05, 0.1) is 0 Å². The third-order valence-corrected chi connectivity index (χ3v) is 1.27. The average molecular weight is 194 g/mol. The molecule has 14 heavy (non-hydrogen) atoms. The number of rotatable bonds is 2. The average Bonchev–Trinajstić information content (AvgIpc) is 2.17. The maximum absolute atomic E-state index is 12.4. The van der Waals surface area contributed by atoms with Crippen LogP contribution in [0.4, 0.5) is 4.39 Å². The maximum Gasteiger partial charge on any atom is 0.235 e. The van der Waals surface area contributed by atoms with Crippen molar-refractivity contribution < 1.29 is 9.23 Å². The molecule has 0 spiro atoms. The van der Waals surface area contributed by atoms with E-state index >= 15 is 0 Å². The Kier molecular flexibility index (Phi) is 3.27. The lowest BCUT2D eigenvalue weighted by atomic mass is 10.3. The van der Waals surface area contributed by atoms with Crippen LogP contribution in [0.5, 0.6) is 5.75 Å². The van der Waals surface area contributed by atoms with Crippen molar-refractivity contribution in [1.29, 1.82) is 10.7 Å². The van der Waals surface area contributed by atoms with Gasteiger partial charge in [0.1, 0.15) is 5.82 Å². The van der Waals surface area contributed by atoms with Gasteiger partial charge in [-0.25, -0.2) is 4.39 Å². The molecule has 0 aliphatic carbocycles. The molecule has 0 amide bonds. The van der Waals surface area contributed by atoms with Gasteiger partial charge in [0.15, 0.2) is 11.9 Å². The van der Waals surface area contributed by atoms with Crippen LogP contribution in [-0.4, -0.2) is 5.96 Å². The fourth-order valence-corrected chi connectivity index (χ4v) is 0.694. The third-order valence-electron chi connectivity index (χ3n) is 1.27. The summed E-state index contributed by atoms with van der Waals surface area (Å²) in [5, 5.41) is 17.2. The van der Waals surface area contributed by atoms with Crippen molar-refractivity contribution in [3.05, 3.63) is 30.1 Å². The molecule has 0 saturated carbocycles. The Morgan fingerprint density at radius 2 is 2.07 bits per heavy atom. The monoisotopic (exact) mass is 194 g/mol. The molecule has 0 unspecified atom stereocenters. The number of halogens is 1. The predicted molar refractivity (Wildman–Crippen MR) is 46.6 cm³/mol. The van der Waals surface area contributed by atoms with Gasteiger partial charge in [0.2, 0.25) is 5.96 Å². The van der Waals surface area contributed by atoms with E-state index in [0.29, 0.717) is 5.75 Å². The maximum atomic E-state index is 12.4. The highest BCUT2D eigenvalue weighted by Crippen LogP contribution is 2.09. The molecule has 0 aliphatic rings. The van der Waals surface area contributed by atoms with E-state index in [4.69, 9.17) is 15.5 Å². The summed E-state index contributed by atoms with van der Waals surface area (Å²) in [6.07, 6.45) is 1.54. The lowest BCUT2D eigenvalue weighted by Crippen LogP contribution is -2.35. The number of guanidine groups is 1. The minimum Gasteiger partial charge on any atom is -0.379 e. The van der Waals surface area contributed by atoms with E-state index < -0.39 is 0 Å². The van der Waals surface area contributed by atoms with Gasteiger partial charge in [-0.1, -0.05) is 0 Å². The van der Waals surface area contributed by atoms with Gasteiger partial charge in [0.25, 0.3) is 0 Å². The van der Waals surface area contributed by atoms with E-state index in [1.807, 2.05) is 5.32 Å². The van der Waals surface area contributed by atoms with Crippen LogP contribution in [0.1, 0.15) is 0 Å². The van der Waals surface area contributed by atoms with E-state index in [9.17, 15) is 4.39 Å². The summed E-state index contributed by atoms with van der Waals surface area (Å²) < 4.78 is 12.4. The smallest absolute Gasteiger partial charge is 0.235 e. The number of benzene rings is 1. The Hall–Kier alpha value is -2.29. The zero-order valence-corrected chi connectivity index (χ0v) is 7.04. The number of hydrogen-bond donors (Lipinski definition) is 3. The van der Waals surface area contributed by atoms with Gasteiger partial charge in [-0.3, -0.25) is 10.7 Å². The van der Waals surface area contributed by atoms with Crippen molar-refractivity contribution in [2.24, 2.45) is 0 Å². The lowest BCUT2D eigenvalue weighted by molar-refractivity contribution is 0.257. The van der Waals surface area contributed by atoms with E-state index in [1.54, 1.807) is 0 Å². The van der Waals surface area contributed by atoms with Gasteiger partial charge in [-0.2, -0.15) is 10.7 Å². The second-order valence-corrected chi connectivity index (χ2v) is 2.27. The first kappa shape index (κ1) is 9.80. The van der Waals surface area contributed by atoms with Crippen molar-refractivity contribution in [3.63, 3.8) is 0 Å². The Labute approximate surface area is 79.6 Å². The highest BCUT2D eigenvalue weighted by Gasteiger charge is 1.96. The van der Waals surface area contributed by atoms with Crippen molar-refractivity contribution in [2.45, 2.75) is 0 Å². The molecule has 3 N–H and O–H groups in total. The largest absolute Gasteiger partial charge is 0.379 e. The normalized spacial score (nSPS) is 8.57. The van der Waals surface area contributed by atoms with Crippen LogP contribution in [-0.2, 0) is 0 Å². The SMILES string of the molecule is N#CNC(=N)NOc1ccc(F)cc1. The summed E-state index contributed by atoms with van der Waals surface area (Å²) in [6.45, 7) is 0. The van der Waals surface area contributed by atoms with E-state index in [-0.39, 0.29) is 11.8 Å². The summed E-state index contributed by atoms with van der Waals surface area (Å²) in [7, 11) is 0. The molecule has 6 heteroatoms. The van der Waals surface area contributed by atoms with E-state index in [1.165, 1.54) is 30.5 Å². The zero-order chi connectivity index (χ0) is 10.4. The highest BCUT2D eigenvalue weighted by molar-refractivity contribution is 5.76. The molecular weight excluding hydrogens is 187 g/mol. The molecule has 0 fully saturated rings. The fraction of sp³-hybridized carbons (Fsp3) is 0. The molecule has 1 aromatic carbocycles. The van der Waals surface area contributed by atoms with Crippen LogP contribution in [0.15, 0.2) is 24.3 Å². The molecular formula is C8H7FN4O. The molecule has 0 bridgehead atoms. The lowest BCUT2D eigenvalue weighted by Gasteiger charge is -2.06. The van der Waals surface area contributed by atoms with Crippen molar-refractivity contribution in [1.82, 2.24) is 10.8 Å². The first-order valence-corrected chi connectivity index (χ1v) is 3.64. The second-order valence-electron chi connectivity index (χ2n) is 2.27. The number of hydroxylamine groups is 1. The van der Waals surface area contributed by atoms with Crippen LogP contribution in [0.3, 0.4) is 0 Å².